The van der Waals surface area contributed by atoms with Crippen LogP contribution in [-0.4, -0.2) is 4.98 Å². The number of aryl methyl sites for hydroxylation is 1. The summed E-state index contributed by atoms with van der Waals surface area (Å²) < 4.78 is 18.5. The van der Waals surface area contributed by atoms with Crippen LogP contribution in [0.5, 0.6) is 11.6 Å². The zero-order valence-corrected chi connectivity index (χ0v) is 10.8. The summed E-state index contributed by atoms with van der Waals surface area (Å²) in [6.45, 7) is 6.34. The summed E-state index contributed by atoms with van der Waals surface area (Å²) in [6.07, 6.45) is 0. The molecule has 0 radical (unpaired) electrons. The number of rotatable bonds is 3. The van der Waals surface area contributed by atoms with Gasteiger partial charge in [-0.25, -0.2) is 0 Å². The Bertz CT molecular complexity index is 552. The topological polar surface area (TPSA) is 22.1 Å². The summed E-state index contributed by atoms with van der Waals surface area (Å²) in [4.78, 5) is 3.67. The summed E-state index contributed by atoms with van der Waals surface area (Å²) in [7, 11) is 0. The number of aromatic nitrogens is 1. The van der Waals surface area contributed by atoms with Crippen molar-refractivity contribution in [2.75, 3.05) is 0 Å². The van der Waals surface area contributed by atoms with E-state index in [1.54, 1.807) is 12.1 Å². The molecule has 0 bridgehead atoms. The predicted octanol–water partition coefficient (Wildman–Crippen LogP) is 4.44. The van der Waals surface area contributed by atoms with Crippen LogP contribution >= 0.6 is 0 Å². The van der Waals surface area contributed by atoms with Crippen molar-refractivity contribution in [3.63, 3.8) is 0 Å². The molecule has 1 heterocycles. The van der Waals surface area contributed by atoms with Crippen LogP contribution in [0.25, 0.3) is 0 Å². The van der Waals surface area contributed by atoms with E-state index < -0.39 is 5.95 Å². The van der Waals surface area contributed by atoms with Crippen molar-refractivity contribution in [2.45, 2.75) is 26.7 Å². The Labute approximate surface area is 106 Å². The summed E-state index contributed by atoms with van der Waals surface area (Å²) in [5.41, 5.74) is 2.45. The SMILES string of the molecule is Cc1cc(Oc2cccc(F)n2)ccc1C(C)C. The first-order valence-electron chi connectivity index (χ1n) is 5.97. The Hall–Kier alpha value is -1.90. The number of ether oxygens (including phenoxy) is 1. The molecule has 1 aromatic heterocycles. The fourth-order valence-electron chi connectivity index (χ4n) is 1.93. The lowest BCUT2D eigenvalue weighted by molar-refractivity contribution is 0.445. The van der Waals surface area contributed by atoms with Crippen LogP contribution in [-0.2, 0) is 0 Å². The van der Waals surface area contributed by atoms with E-state index in [-0.39, 0.29) is 5.88 Å². The van der Waals surface area contributed by atoms with E-state index in [0.29, 0.717) is 11.7 Å². The number of pyridine rings is 1. The number of hydrogen-bond acceptors (Lipinski definition) is 2. The minimum absolute atomic E-state index is 0.270. The highest BCUT2D eigenvalue weighted by Gasteiger charge is 2.06. The third kappa shape index (κ3) is 2.86. The molecule has 0 atom stereocenters. The van der Waals surface area contributed by atoms with Gasteiger partial charge < -0.3 is 4.74 Å². The molecule has 94 valence electrons. The van der Waals surface area contributed by atoms with Crippen LogP contribution in [0.3, 0.4) is 0 Å². The first-order valence-corrected chi connectivity index (χ1v) is 5.97. The molecule has 3 heteroatoms. The van der Waals surface area contributed by atoms with E-state index in [9.17, 15) is 4.39 Å². The molecule has 0 amide bonds. The van der Waals surface area contributed by atoms with Gasteiger partial charge in [0.05, 0.1) is 0 Å². The third-order valence-corrected chi connectivity index (χ3v) is 2.78. The van der Waals surface area contributed by atoms with Gasteiger partial charge in [0.25, 0.3) is 0 Å². The molecule has 0 aliphatic carbocycles. The number of nitrogens with zero attached hydrogens (tertiary/aromatic N) is 1. The van der Waals surface area contributed by atoms with Crippen LogP contribution in [0.2, 0.25) is 0 Å². The van der Waals surface area contributed by atoms with Crippen molar-refractivity contribution < 1.29 is 9.13 Å². The van der Waals surface area contributed by atoms with Crippen LogP contribution in [0, 0.1) is 12.9 Å². The molecule has 0 N–H and O–H groups in total. The molecule has 1 aromatic carbocycles. The molecule has 2 nitrogen and oxygen atoms in total. The van der Waals surface area contributed by atoms with Crippen molar-refractivity contribution in [1.82, 2.24) is 4.98 Å². The zero-order chi connectivity index (χ0) is 13.1. The molecule has 0 saturated carbocycles. The largest absolute Gasteiger partial charge is 0.439 e. The van der Waals surface area contributed by atoms with Gasteiger partial charge in [0, 0.05) is 6.07 Å². The van der Waals surface area contributed by atoms with Crippen molar-refractivity contribution in [1.29, 1.82) is 0 Å². The van der Waals surface area contributed by atoms with E-state index >= 15 is 0 Å². The number of hydrogen-bond donors (Lipinski definition) is 0. The van der Waals surface area contributed by atoms with Crippen LogP contribution in [0.1, 0.15) is 30.9 Å². The lowest BCUT2D eigenvalue weighted by Crippen LogP contribution is -1.94. The van der Waals surface area contributed by atoms with Crippen LogP contribution in [0.15, 0.2) is 36.4 Å². The Morgan fingerprint density at radius 1 is 1.17 bits per heavy atom. The first kappa shape index (κ1) is 12.6. The van der Waals surface area contributed by atoms with E-state index in [4.69, 9.17) is 4.74 Å². The van der Waals surface area contributed by atoms with Crippen LogP contribution < -0.4 is 4.74 Å². The Morgan fingerprint density at radius 2 is 1.94 bits per heavy atom. The maximum Gasteiger partial charge on any atom is 0.221 e. The summed E-state index contributed by atoms with van der Waals surface area (Å²) in [5, 5.41) is 0. The molecule has 2 aromatic rings. The van der Waals surface area contributed by atoms with E-state index in [0.717, 1.165) is 0 Å². The number of benzene rings is 1. The van der Waals surface area contributed by atoms with Gasteiger partial charge in [0.1, 0.15) is 5.75 Å². The van der Waals surface area contributed by atoms with Gasteiger partial charge >= 0.3 is 0 Å². The molecular formula is C15H16FNO. The van der Waals surface area contributed by atoms with E-state index in [2.05, 4.69) is 18.8 Å². The first-order chi connectivity index (χ1) is 8.56. The standard InChI is InChI=1S/C15H16FNO/c1-10(2)13-8-7-12(9-11(13)3)18-15-6-4-5-14(16)17-15/h4-10H,1-3H3. The maximum absolute atomic E-state index is 12.9. The normalized spacial score (nSPS) is 10.7. The van der Waals surface area contributed by atoms with Gasteiger partial charge in [-0.1, -0.05) is 26.0 Å². The molecule has 0 aliphatic heterocycles. The molecule has 0 spiro atoms. The monoisotopic (exact) mass is 245 g/mol. The molecular weight excluding hydrogens is 229 g/mol. The lowest BCUT2D eigenvalue weighted by Gasteiger charge is -2.11. The van der Waals surface area contributed by atoms with Crippen molar-refractivity contribution in [2.24, 2.45) is 0 Å². The Morgan fingerprint density at radius 3 is 2.56 bits per heavy atom. The smallest absolute Gasteiger partial charge is 0.221 e. The average molecular weight is 245 g/mol. The minimum Gasteiger partial charge on any atom is -0.439 e. The minimum atomic E-state index is -0.539. The lowest BCUT2D eigenvalue weighted by atomic mass is 9.98. The van der Waals surface area contributed by atoms with E-state index in [1.807, 2.05) is 25.1 Å². The highest BCUT2D eigenvalue weighted by atomic mass is 19.1. The Balaban J connectivity index is 2.23. The van der Waals surface area contributed by atoms with Gasteiger partial charge in [-0.15, -0.1) is 0 Å². The maximum atomic E-state index is 12.9. The summed E-state index contributed by atoms with van der Waals surface area (Å²) in [6, 6.07) is 10.4. The highest BCUT2D eigenvalue weighted by molar-refractivity contribution is 5.38. The molecule has 2 rings (SSSR count). The third-order valence-electron chi connectivity index (χ3n) is 2.78. The molecule has 0 saturated heterocycles. The second-order valence-corrected chi connectivity index (χ2v) is 4.57. The van der Waals surface area contributed by atoms with Crippen molar-refractivity contribution in [3.8, 4) is 11.6 Å². The Kier molecular flexibility index (Phi) is 3.60. The van der Waals surface area contributed by atoms with Crippen molar-refractivity contribution >= 4 is 0 Å². The number of halogens is 1. The quantitative estimate of drug-likeness (QED) is 0.745. The zero-order valence-electron chi connectivity index (χ0n) is 10.8. The second-order valence-electron chi connectivity index (χ2n) is 4.57. The molecule has 18 heavy (non-hydrogen) atoms. The summed E-state index contributed by atoms with van der Waals surface area (Å²) >= 11 is 0. The van der Waals surface area contributed by atoms with Crippen LogP contribution in [0.4, 0.5) is 4.39 Å². The molecule has 0 unspecified atom stereocenters. The predicted molar refractivity (Wildman–Crippen MR) is 69.5 cm³/mol. The van der Waals surface area contributed by atoms with Gasteiger partial charge in [-0.05, 0) is 42.2 Å². The van der Waals surface area contributed by atoms with E-state index in [1.165, 1.54) is 17.2 Å². The molecule has 0 aliphatic rings. The summed E-state index contributed by atoms with van der Waals surface area (Å²) in [5.74, 6) is 0.885. The molecule has 0 fully saturated rings. The van der Waals surface area contributed by atoms with Crippen molar-refractivity contribution in [3.05, 3.63) is 53.5 Å². The second kappa shape index (κ2) is 5.17. The highest BCUT2D eigenvalue weighted by Crippen LogP contribution is 2.26. The fraction of sp³-hybridized carbons (Fsp3) is 0.267. The fourth-order valence-corrected chi connectivity index (χ4v) is 1.93. The van der Waals surface area contributed by atoms with Gasteiger partial charge in [0.15, 0.2) is 0 Å². The van der Waals surface area contributed by atoms with Gasteiger partial charge in [-0.2, -0.15) is 9.37 Å². The van der Waals surface area contributed by atoms with Gasteiger partial charge in [-0.3, -0.25) is 0 Å². The van der Waals surface area contributed by atoms with Gasteiger partial charge in [0.2, 0.25) is 11.8 Å². The average Bonchev–Trinajstić information content (AvgIpc) is 2.28.